The lowest BCUT2D eigenvalue weighted by molar-refractivity contribution is -0.124. The molecule has 0 bridgehead atoms. The maximum Gasteiger partial charge on any atom is 0.242 e. The third kappa shape index (κ3) is 3.87. The molecule has 1 spiro atoms. The van der Waals surface area contributed by atoms with Gasteiger partial charge in [-0.1, -0.05) is 70.5 Å². The lowest BCUT2D eigenvalue weighted by atomic mass is 9.73. The van der Waals surface area contributed by atoms with Crippen molar-refractivity contribution in [2.24, 2.45) is 0 Å². The van der Waals surface area contributed by atoms with Gasteiger partial charge in [-0.25, -0.2) is 0 Å². The van der Waals surface area contributed by atoms with Crippen molar-refractivity contribution < 1.29 is 4.79 Å². The fourth-order valence-corrected chi connectivity index (χ4v) is 6.48. The van der Waals surface area contributed by atoms with Gasteiger partial charge in [-0.05, 0) is 79.9 Å². The van der Waals surface area contributed by atoms with Gasteiger partial charge in [0, 0.05) is 28.5 Å². The smallest absolute Gasteiger partial charge is 0.242 e. The van der Waals surface area contributed by atoms with E-state index < -0.39 is 5.41 Å². The summed E-state index contributed by atoms with van der Waals surface area (Å²) in [7, 11) is 0. The fourth-order valence-electron chi connectivity index (χ4n) is 5.75. The second-order valence-electron chi connectivity index (χ2n) is 9.81. The van der Waals surface area contributed by atoms with Crippen molar-refractivity contribution in [1.29, 1.82) is 0 Å². The molecule has 2 aliphatic rings. The largest absolute Gasteiger partial charge is 0.297 e. The summed E-state index contributed by atoms with van der Waals surface area (Å²) in [6.07, 6.45) is 3.46. The number of aromatic nitrogens is 1. The second-order valence-corrected chi connectivity index (χ2v) is 10.7. The Morgan fingerprint density at radius 3 is 2.31 bits per heavy atom. The Bertz CT molecular complexity index is 1410. The molecule has 0 aliphatic carbocycles. The third-order valence-electron chi connectivity index (χ3n) is 7.76. The number of amides is 1. The summed E-state index contributed by atoms with van der Waals surface area (Å²) in [6.45, 7) is 4.67. The molecule has 2 aliphatic heterocycles. The third-order valence-corrected chi connectivity index (χ3v) is 8.42. The standard InChI is InChI=1S/C31H28BrN3O/c1-22-7-6-18-33-27(22)21-34-19-16-31(17-20-34)29-26(32)10-5-11-28(29)35(30(31)36)25-14-12-24(13-15-25)23-8-3-2-4-9-23/h2-15,18H,16-17,19-21H2,1H3. The number of carbonyl (C=O) groups excluding carboxylic acids is 1. The van der Waals surface area contributed by atoms with Crippen molar-refractivity contribution in [3.05, 3.63) is 112 Å². The molecular weight excluding hydrogens is 510 g/mol. The van der Waals surface area contributed by atoms with Crippen LogP contribution >= 0.6 is 15.9 Å². The minimum Gasteiger partial charge on any atom is -0.297 e. The van der Waals surface area contributed by atoms with E-state index in [1.54, 1.807) is 0 Å². The number of fused-ring (bicyclic) bond motifs is 2. The van der Waals surface area contributed by atoms with Crippen LogP contribution in [0.4, 0.5) is 11.4 Å². The first kappa shape index (κ1) is 23.1. The van der Waals surface area contributed by atoms with E-state index >= 15 is 0 Å². The molecule has 180 valence electrons. The normalized spacial score (nSPS) is 16.9. The number of carbonyl (C=O) groups is 1. The molecule has 0 N–H and O–H groups in total. The Hall–Kier alpha value is -3.28. The van der Waals surface area contributed by atoms with E-state index in [2.05, 4.69) is 87.3 Å². The van der Waals surface area contributed by atoms with E-state index in [0.29, 0.717) is 0 Å². The molecule has 0 unspecified atom stereocenters. The number of nitrogens with zero attached hydrogens (tertiary/aromatic N) is 3. The highest BCUT2D eigenvalue weighted by molar-refractivity contribution is 9.10. The van der Waals surface area contributed by atoms with E-state index in [9.17, 15) is 4.79 Å². The van der Waals surface area contributed by atoms with Crippen LogP contribution in [-0.4, -0.2) is 28.9 Å². The predicted molar refractivity (Wildman–Crippen MR) is 148 cm³/mol. The van der Waals surface area contributed by atoms with E-state index in [1.807, 2.05) is 41.4 Å². The van der Waals surface area contributed by atoms with Crippen molar-refractivity contribution in [3.8, 4) is 11.1 Å². The molecule has 0 atom stereocenters. The van der Waals surface area contributed by atoms with E-state index in [1.165, 1.54) is 11.1 Å². The highest BCUT2D eigenvalue weighted by atomic mass is 79.9. The Labute approximate surface area is 220 Å². The van der Waals surface area contributed by atoms with Crippen molar-refractivity contribution in [3.63, 3.8) is 0 Å². The van der Waals surface area contributed by atoms with Crippen LogP contribution < -0.4 is 4.90 Å². The van der Waals surface area contributed by atoms with Gasteiger partial charge in [0.1, 0.15) is 0 Å². The molecule has 6 rings (SSSR count). The summed E-state index contributed by atoms with van der Waals surface area (Å²) < 4.78 is 1.02. The van der Waals surface area contributed by atoms with Crippen molar-refractivity contribution in [2.45, 2.75) is 31.7 Å². The summed E-state index contributed by atoms with van der Waals surface area (Å²) in [5, 5.41) is 0. The van der Waals surface area contributed by atoms with Crippen molar-refractivity contribution in [2.75, 3.05) is 18.0 Å². The summed E-state index contributed by atoms with van der Waals surface area (Å²) in [6, 6.07) is 29.0. The molecule has 1 fully saturated rings. The zero-order valence-corrected chi connectivity index (χ0v) is 21.9. The van der Waals surface area contributed by atoms with Gasteiger partial charge in [0.25, 0.3) is 0 Å². The van der Waals surface area contributed by atoms with Crippen molar-refractivity contribution in [1.82, 2.24) is 9.88 Å². The molecule has 3 heterocycles. The minimum absolute atomic E-state index is 0.186. The summed E-state index contributed by atoms with van der Waals surface area (Å²) in [5.74, 6) is 0.186. The quantitative estimate of drug-likeness (QED) is 0.280. The number of aryl methyl sites for hydroxylation is 1. The molecule has 1 aromatic heterocycles. The number of halogens is 1. The number of hydrogen-bond donors (Lipinski definition) is 0. The Kier molecular flexibility index (Phi) is 5.98. The number of benzene rings is 3. The lowest BCUT2D eigenvalue weighted by Gasteiger charge is -2.38. The van der Waals surface area contributed by atoms with Gasteiger partial charge in [0.05, 0.1) is 16.8 Å². The van der Waals surface area contributed by atoms with Crippen LogP contribution in [0.3, 0.4) is 0 Å². The first-order valence-electron chi connectivity index (χ1n) is 12.5. The van der Waals surface area contributed by atoms with Gasteiger partial charge in [-0.15, -0.1) is 0 Å². The van der Waals surface area contributed by atoms with E-state index in [4.69, 9.17) is 0 Å². The molecule has 0 saturated carbocycles. The lowest BCUT2D eigenvalue weighted by Crippen LogP contribution is -2.47. The maximum absolute atomic E-state index is 14.2. The molecule has 36 heavy (non-hydrogen) atoms. The SMILES string of the molecule is Cc1cccnc1CN1CCC2(CC1)C(=O)N(c1ccc(-c3ccccc3)cc1)c1cccc(Br)c12. The molecule has 3 aromatic carbocycles. The van der Waals surface area contributed by atoms with Crippen molar-refractivity contribution >= 4 is 33.2 Å². The number of anilines is 2. The number of piperidine rings is 1. The minimum atomic E-state index is -0.511. The van der Waals surface area contributed by atoms with Crippen LogP contribution in [0.1, 0.15) is 29.7 Å². The van der Waals surface area contributed by atoms with Gasteiger partial charge in [-0.2, -0.15) is 0 Å². The topological polar surface area (TPSA) is 36.4 Å². The number of hydrogen-bond acceptors (Lipinski definition) is 3. The van der Waals surface area contributed by atoms with Gasteiger partial charge in [0.15, 0.2) is 0 Å². The van der Waals surface area contributed by atoms with Crippen LogP contribution in [0.2, 0.25) is 0 Å². The van der Waals surface area contributed by atoms with Gasteiger partial charge in [-0.3, -0.25) is 19.6 Å². The van der Waals surface area contributed by atoms with Crippen LogP contribution in [-0.2, 0) is 16.8 Å². The molecular formula is C31H28BrN3O. The number of rotatable bonds is 4. The number of pyridine rings is 1. The first-order chi connectivity index (χ1) is 17.6. The van der Waals surface area contributed by atoms with Gasteiger partial charge in [0.2, 0.25) is 5.91 Å². The van der Waals surface area contributed by atoms with Gasteiger partial charge < -0.3 is 0 Å². The molecule has 1 amide bonds. The fraction of sp³-hybridized carbons (Fsp3) is 0.226. The zero-order chi connectivity index (χ0) is 24.7. The predicted octanol–water partition coefficient (Wildman–Crippen LogP) is 7.03. The van der Waals surface area contributed by atoms with E-state index in [-0.39, 0.29) is 5.91 Å². The van der Waals surface area contributed by atoms with E-state index in [0.717, 1.165) is 65.1 Å². The Morgan fingerprint density at radius 1 is 0.861 bits per heavy atom. The first-order valence-corrected chi connectivity index (χ1v) is 13.3. The van der Waals surface area contributed by atoms with Crippen LogP contribution in [0.5, 0.6) is 0 Å². The van der Waals surface area contributed by atoms with Crippen LogP contribution in [0.15, 0.2) is 95.6 Å². The zero-order valence-electron chi connectivity index (χ0n) is 20.3. The summed E-state index contributed by atoms with van der Waals surface area (Å²) in [4.78, 5) is 23.2. The monoisotopic (exact) mass is 537 g/mol. The van der Waals surface area contributed by atoms with Gasteiger partial charge >= 0.3 is 0 Å². The highest BCUT2D eigenvalue weighted by Gasteiger charge is 2.53. The Morgan fingerprint density at radius 2 is 1.58 bits per heavy atom. The number of likely N-dealkylation sites (tertiary alicyclic amines) is 1. The van der Waals surface area contributed by atoms with Crippen LogP contribution in [0.25, 0.3) is 11.1 Å². The molecule has 4 nitrogen and oxygen atoms in total. The molecule has 1 saturated heterocycles. The second kappa shape index (κ2) is 9.30. The Balaban J connectivity index is 1.30. The molecule has 0 radical (unpaired) electrons. The molecule has 5 heteroatoms. The summed E-state index contributed by atoms with van der Waals surface area (Å²) in [5.41, 5.74) is 7.19. The van der Waals surface area contributed by atoms with Crippen LogP contribution in [0, 0.1) is 6.92 Å². The average molecular weight is 538 g/mol. The summed E-state index contributed by atoms with van der Waals surface area (Å²) >= 11 is 3.80. The molecule has 4 aromatic rings. The highest BCUT2D eigenvalue weighted by Crippen LogP contribution is 2.53. The average Bonchev–Trinajstić information content (AvgIpc) is 3.15. The maximum atomic E-state index is 14.2.